The van der Waals surface area contributed by atoms with Gasteiger partial charge in [0.05, 0.1) is 6.10 Å². The average molecular weight is 223 g/mol. The number of hydrogen-bond acceptors (Lipinski definition) is 3. The Labute approximate surface area is 97.0 Å². The number of nitrogens with one attached hydrogen (secondary N) is 1. The number of nitrogens with zero attached hydrogens (tertiary/aromatic N) is 2. The van der Waals surface area contributed by atoms with Crippen LogP contribution in [0.15, 0.2) is 12.4 Å². The summed E-state index contributed by atoms with van der Waals surface area (Å²) in [5.41, 5.74) is 0. The third kappa shape index (κ3) is 2.62. The Morgan fingerprint density at radius 2 is 2.56 bits per heavy atom. The molecule has 1 aromatic rings. The number of imidazole rings is 1. The fourth-order valence-electron chi connectivity index (χ4n) is 2.36. The van der Waals surface area contributed by atoms with Crippen LogP contribution in [0.3, 0.4) is 0 Å². The summed E-state index contributed by atoms with van der Waals surface area (Å²) in [5, 5.41) is 3.36. The van der Waals surface area contributed by atoms with Gasteiger partial charge < -0.3 is 14.6 Å². The van der Waals surface area contributed by atoms with Crippen LogP contribution in [0.5, 0.6) is 0 Å². The van der Waals surface area contributed by atoms with E-state index in [9.17, 15) is 0 Å². The molecular formula is C12H21N3O. The molecule has 1 fully saturated rings. The summed E-state index contributed by atoms with van der Waals surface area (Å²) >= 11 is 0. The standard InChI is InChI=1S/C12H21N3O/c1-13-10(11-4-3-9-16-11)5-6-12-14-7-8-15(12)2/h7-8,10-11,13H,3-6,9H2,1-2H3. The van der Waals surface area contributed by atoms with Crippen LogP contribution in [0.2, 0.25) is 0 Å². The second-order valence-corrected chi connectivity index (χ2v) is 4.44. The van der Waals surface area contributed by atoms with Crippen molar-refractivity contribution in [2.75, 3.05) is 13.7 Å². The SMILES string of the molecule is CNC(CCc1nccn1C)C1CCCO1. The van der Waals surface area contributed by atoms with Gasteiger partial charge in [0.15, 0.2) is 0 Å². The fraction of sp³-hybridized carbons (Fsp3) is 0.750. The molecule has 1 aliphatic heterocycles. The first-order valence-electron chi connectivity index (χ1n) is 6.06. The second kappa shape index (κ2) is 5.46. The Kier molecular flexibility index (Phi) is 3.96. The van der Waals surface area contributed by atoms with Crippen LogP contribution in [0, 0.1) is 0 Å². The molecule has 2 unspecified atom stereocenters. The molecule has 0 radical (unpaired) electrons. The van der Waals surface area contributed by atoms with Gasteiger partial charge in [-0.15, -0.1) is 0 Å². The van der Waals surface area contributed by atoms with Crippen LogP contribution >= 0.6 is 0 Å². The number of likely N-dealkylation sites (N-methyl/N-ethyl adjacent to an activating group) is 1. The molecule has 0 saturated carbocycles. The highest BCUT2D eigenvalue weighted by Crippen LogP contribution is 2.18. The average Bonchev–Trinajstić information content (AvgIpc) is 2.92. The number of hydrogen-bond donors (Lipinski definition) is 1. The maximum atomic E-state index is 5.72. The van der Waals surface area contributed by atoms with Gasteiger partial charge in [0.1, 0.15) is 5.82 Å². The van der Waals surface area contributed by atoms with Crippen molar-refractivity contribution < 1.29 is 4.74 Å². The minimum atomic E-state index is 0.394. The lowest BCUT2D eigenvalue weighted by Crippen LogP contribution is -2.37. The van der Waals surface area contributed by atoms with Gasteiger partial charge in [-0.1, -0.05) is 0 Å². The minimum Gasteiger partial charge on any atom is -0.377 e. The zero-order valence-electron chi connectivity index (χ0n) is 10.1. The van der Waals surface area contributed by atoms with E-state index in [0.717, 1.165) is 25.3 Å². The molecule has 2 heterocycles. The quantitative estimate of drug-likeness (QED) is 0.813. The fourth-order valence-corrected chi connectivity index (χ4v) is 2.36. The molecule has 0 amide bonds. The van der Waals surface area contributed by atoms with Crippen molar-refractivity contribution in [1.82, 2.24) is 14.9 Å². The maximum Gasteiger partial charge on any atom is 0.108 e. The van der Waals surface area contributed by atoms with Gasteiger partial charge in [-0.2, -0.15) is 0 Å². The largest absolute Gasteiger partial charge is 0.377 e. The van der Waals surface area contributed by atoms with E-state index in [4.69, 9.17) is 4.74 Å². The summed E-state index contributed by atoms with van der Waals surface area (Å²) in [5.74, 6) is 1.15. The molecular weight excluding hydrogens is 202 g/mol. The van der Waals surface area contributed by atoms with Crippen LogP contribution < -0.4 is 5.32 Å². The number of aromatic nitrogens is 2. The second-order valence-electron chi connectivity index (χ2n) is 4.44. The Morgan fingerprint density at radius 3 is 3.12 bits per heavy atom. The zero-order chi connectivity index (χ0) is 11.4. The van der Waals surface area contributed by atoms with Gasteiger partial charge in [-0.3, -0.25) is 0 Å². The highest BCUT2D eigenvalue weighted by atomic mass is 16.5. The predicted octanol–water partition coefficient (Wildman–Crippen LogP) is 1.12. The Morgan fingerprint density at radius 1 is 1.69 bits per heavy atom. The summed E-state index contributed by atoms with van der Waals surface area (Å²) < 4.78 is 7.80. The van der Waals surface area contributed by atoms with Crippen LogP contribution in [-0.4, -0.2) is 35.4 Å². The molecule has 0 bridgehead atoms. The van der Waals surface area contributed by atoms with Crippen molar-refractivity contribution in [1.29, 1.82) is 0 Å². The lowest BCUT2D eigenvalue weighted by atomic mass is 10.0. The van der Waals surface area contributed by atoms with Crippen LogP contribution in [0.25, 0.3) is 0 Å². The summed E-state index contributed by atoms with van der Waals surface area (Å²) in [6.07, 6.45) is 8.73. The Hall–Kier alpha value is -0.870. The van der Waals surface area contributed by atoms with Crippen molar-refractivity contribution in [3.05, 3.63) is 18.2 Å². The molecule has 1 N–H and O–H groups in total. The van der Waals surface area contributed by atoms with Crippen molar-refractivity contribution in [3.63, 3.8) is 0 Å². The molecule has 1 aromatic heterocycles. The predicted molar refractivity (Wildman–Crippen MR) is 63.4 cm³/mol. The van der Waals surface area contributed by atoms with E-state index in [1.54, 1.807) is 0 Å². The lowest BCUT2D eigenvalue weighted by Gasteiger charge is -2.22. The van der Waals surface area contributed by atoms with Crippen molar-refractivity contribution >= 4 is 0 Å². The van der Waals surface area contributed by atoms with Gasteiger partial charge in [0.25, 0.3) is 0 Å². The van der Waals surface area contributed by atoms with Crippen molar-refractivity contribution in [2.24, 2.45) is 7.05 Å². The van der Waals surface area contributed by atoms with Gasteiger partial charge in [0, 0.05) is 38.5 Å². The lowest BCUT2D eigenvalue weighted by molar-refractivity contribution is 0.0780. The summed E-state index contributed by atoms with van der Waals surface area (Å²) in [7, 11) is 4.06. The van der Waals surface area contributed by atoms with E-state index in [0.29, 0.717) is 12.1 Å². The molecule has 16 heavy (non-hydrogen) atoms. The monoisotopic (exact) mass is 223 g/mol. The first-order valence-corrected chi connectivity index (χ1v) is 6.06. The highest BCUT2D eigenvalue weighted by Gasteiger charge is 2.24. The number of rotatable bonds is 5. The van der Waals surface area contributed by atoms with Gasteiger partial charge in [-0.25, -0.2) is 4.98 Å². The third-order valence-corrected chi connectivity index (χ3v) is 3.38. The maximum absolute atomic E-state index is 5.72. The summed E-state index contributed by atoms with van der Waals surface area (Å²) in [6.45, 7) is 0.922. The molecule has 2 atom stereocenters. The molecule has 0 spiro atoms. The van der Waals surface area contributed by atoms with Crippen LogP contribution in [0.1, 0.15) is 25.1 Å². The van der Waals surface area contributed by atoms with Crippen LogP contribution in [-0.2, 0) is 18.2 Å². The van der Waals surface area contributed by atoms with Crippen molar-refractivity contribution in [2.45, 2.75) is 37.8 Å². The first kappa shape index (κ1) is 11.6. The molecule has 0 aromatic carbocycles. The Balaban J connectivity index is 1.85. The smallest absolute Gasteiger partial charge is 0.108 e. The molecule has 1 saturated heterocycles. The summed E-state index contributed by atoms with van der Waals surface area (Å²) in [6, 6.07) is 0.458. The van der Waals surface area contributed by atoms with E-state index in [1.165, 1.54) is 12.8 Å². The zero-order valence-corrected chi connectivity index (χ0v) is 10.1. The highest BCUT2D eigenvalue weighted by molar-refractivity contribution is 4.93. The number of aryl methyl sites for hydroxylation is 2. The van der Waals surface area contributed by atoms with E-state index >= 15 is 0 Å². The molecule has 90 valence electrons. The van der Waals surface area contributed by atoms with E-state index < -0.39 is 0 Å². The molecule has 4 heteroatoms. The van der Waals surface area contributed by atoms with Gasteiger partial charge in [-0.05, 0) is 26.3 Å². The van der Waals surface area contributed by atoms with Gasteiger partial charge in [0.2, 0.25) is 0 Å². The third-order valence-electron chi connectivity index (χ3n) is 3.38. The van der Waals surface area contributed by atoms with Crippen molar-refractivity contribution in [3.8, 4) is 0 Å². The summed E-state index contributed by atoms with van der Waals surface area (Å²) in [4.78, 5) is 4.34. The van der Waals surface area contributed by atoms with E-state index in [2.05, 4.69) is 14.9 Å². The van der Waals surface area contributed by atoms with Gasteiger partial charge >= 0.3 is 0 Å². The topological polar surface area (TPSA) is 39.1 Å². The molecule has 4 nitrogen and oxygen atoms in total. The van der Waals surface area contributed by atoms with E-state index in [1.807, 2.05) is 26.5 Å². The Bertz CT molecular complexity index is 318. The molecule has 2 rings (SSSR count). The molecule has 1 aliphatic rings. The van der Waals surface area contributed by atoms with E-state index in [-0.39, 0.29) is 0 Å². The minimum absolute atomic E-state index is 0.394. The first-order chi connectivity index (χ1) is 7.81. The normalized spacial score (nSPS) is 22.5. The number of ether oxygens (including phenoxy) is 1. The van der Waals surface area contributed by atoms with Crippen LogP contribution in [0.4, 0.5) is 0 Å². The molecule has 0 aliphatic carbocycles.